The molecule has 0 unspecified atom stereocenters. The van der Waals surface area contributed by atoms with E-state index in [1.165, 1.54) is 0 Å². The number of aryl methyl sites for hydroxylation is 1. The van der Waals surface area contributed by atoms with Crippen molar-refractivity contribution >= 4 is 33.4 Å². The van der Waals surface area contributed by atoms with Gasteiger partial charge in [-0.15, -0.1) is 0 Å². The monoisotopic (exact) mass is 358 g/mol. The Morgan fingerprint density at radius 2 is 1.80 bits per heavy atom. The normalized spacial score (nSPS) is 11.6. The van der Waals surface area contributed by atoms with Gasteiger partial charge in [0.05, 0.1) is 11.0 Å². The van der Waals surface area contributed by atoms with Crippen LogP contribution in [0.5, 0.6) is 5.75 Å². The Morgan fingerprint density at radius 3 is 2.52 bits per heavy atom. The Bertz CT molecular complexity index is 961. The first-order valence-corrected chi connectivity index (χ1v) is 9.00. The van der Waals surface area contributed by atoms with E-state index in [1.807, 2.05) is 35.9 Å². The topological polar surface area (TPSA) is 34.5 Å². The van der Waals surface area contributed by atoms with Crippen molar-refractivity contribution in [2.75, 3.05) is 26.2 Å². The van der Waals surface area contributed by atoms with E-state index >= 15 is 0 Å². The average Bonchev–Trinajstić information content (AvgIpc) is 2.63. The van der Waals surface area contributed by atoms with Crippen LogP contribution in [-0.2, 0) is 7.05 Å². The van der Waals surface area contributed by atoms with Crippen LogP contribution in [0.25, 0.3) is 21.8 Å². The van der Waals surface area contributed by atoms with E-state index in [9.17, 15) is 4.79 Å². The number of nitrogens with zero attached hydrogens (tertiary/aromatic N) is 2. The minimum Gasteiger partial charge on any atom is -0.492 e. The highest BCUT2D eigenvalue weighted by molar-refractivity contribution is 6.31. The molecule has 0 aliphatic heterocycles. The number of hydrogen-bond donors (Lipinski definition) is 0. The van der Waals surface area contributed by atoms with E-state index in [2.05, 4.69) is 18.7 Å². The fourth-order valence-electron chi connectivity index (χ4n) is 3.16. The van der Waals surface area contributed by atoms with Crippen LogP contribution in [0.3, 0.4) is 0 Å². The highest BCUT2D eigenvalue weighted by Gasteiger charge is 2.10. The van der Waals surface area contributed by atoms with E-state index < -0.39 is 0 Å². The van der Waals surface area contributed by atoms with Crippen LogP contribution in [0.15, 0.2) is 41.2 Å². The molecular weight excluding hydrogens is 336 g/mol. The molecular formula is C20H23ClN2O2. The summed E-state index contributed by atoms with van der Waals surface area (Å²) in [6, 6.07) is 11.1. The lowest BCUT2D eigenvalue weighted by molar-refractivity contribution is 0.223. The van der Waals surface area contributed by atoms with Crippen LogP contribution >= 0.6 is 11.6 Å². The van der Waals surface area contributed by atoms with E-state index in [1.54, 1.807) is 12.1 Å². The smallest absolute Gasteiger partial charge is 0.197 e. The Hall–Kier alpha value is -2.04. The van der Waals surface area contributed by atoms with Crippen molar-refractivity contribution in [1.29, 1.82) is 0 Å². The molecule has 0 N–H and O–H groups in total. The van der Waals surface area contributed by atoms with Crippen molar-refractivity contribution in [3.05, 3.63) is 51.6 Å². The van der Waals surface area contributed by atoms with Crippen LogP contribution < -0.4 is 10.2 Å². The maximum Gasteiger partial charge on any atom is 0.197 e. The van der Waals surface area contributed by atoms with Gasteiger partial charge in [-0.05, 0) is 49.5 Å². The fraction of sp³-hybridized carbons (Fsp3) is 0.350. The largest absolute Gasteiger partial charge is 0.492 e. The van der Waals surface area contributed by atoms with Crippen LogP contribution in [0.4, 0.5) is 0 Å². The van der Waals surface area contributed by atoms with Crippen molar-refractivity contribution in [1.82, 2.24) is 9.47 Å². The molecule has 5 heteroatoms. The van der Waals surface area contributed by atoms with Gasteiger partial charge in [0.1, 0.15) is 12.4 Å². The van der Waals surface area contributed by atoms with Gasteiger partial charge in [0.15, 0.2) is 5.43 Å². The van der Waals surface area contributed by atoms with Gasteiger partial charge in [-0.25, -0.2) is 0 Å². The summed E-state index contributed by atoms with van der Waals surface area (Å²) in [7, 11) is 1.95. The van der Waals surface area contributed by atoms with Gasteiger partial charge in [-0.2, -0.15) is 0 Å². The van der Waals surface area contributed by atoms with Crippen LogP contribution in [0.2, 0.25) is 5.02 Å². The number of rotatable bonds is 6. The molecule has 4 nitrogen and oxygen atoms in total. The van der Waals surface area contributed by atoms with Crippen molar-refractivity contribution < 1.29 is 4.74 Å². The third kappa shape index (κ3) is 3.51. The third-order valence-electron chi connectivity index (χ3n) is 4.71. The number of hydrogen-bond acceptors (Lipinski definition) is 3. The molecule has 1 aromatic heterocycles. The van der Waals surface area contributed by atoms with E-state index in [-0.39, 0.29) is 5.43 Å². The SMILES string of the molecule is CCN(CC)CCOc1ccc2c(c1)c(=O)c1ccc(Cl)cc1n2C. The quantitative estimate of drug-likeness (QED) is 0.623. The number of halogens is 1. The van der Waals surface area contributed by atoms with Crippen LogP contribution in [0, 0.1) is 0 Å². The molecule has 0 saturated carbocycles. The molecule has 0 amide bonds. The minimum absolute atomic E-state index is 0.00830. The molecule has 0 spiro atoms. The zero-order valence-corrected chi connectivity index (χ0v) is 15.6. The first-order chi connectivity index (χ1) is 12.0. The molecule has 25 heavy (non-hydrogen) atoms. The molecule has 0 aliphatic rings. The zero-order chi connectivity index (χ0) is 18.0. The van der Waals surface area contributed by atoms with Crippen LogP contribution in [0.1, 0.15) is 13.8 Å². The van der Waals surface area contributed by atoms with Crippen molar-refractivity contribution in [2.45, 2.75) is 13.8 Å². The summed E-state index contributed by atoms with van der Waals surface area (Å²) in [5.74, 6) is 0.727. The molecule has 3 rings (SSSR count). The second kappa shape index (κ2) is 7.46. The Kier molecular flexibility index (Phi) is 5.30. The maximum absolute atomic E-state index is 12.9. The van der Waals surface area contributed by atoms with Crippen LogP contribution in [-0.4, -0.2) is 35.7 Å². The highest BCUT2D eigenvalue weighted by atomic mass is 35.5. The summed E-state index contributed by atoms with van der Waals surface area (Å²) in [4.78, 5) is 15.2. The predicted molar refractivity (Wildman–Crippen MR) is 105 cm³/mol. The number of pyridine rings is 1. The molecule has 0 radical (unpaired) electrons. The lowest BCUT2D eigenvalue weighted by Crippen LogP contribution is -2.27. The fourth-order valence-corrected chi connectivity index (χ4v) is 3.33. The zero-order valence-electron chi connectivity index (χ0n) is 14.9. The molecule has 0 fully saturated rings. The van der Waals surface area contributed by atoms with Crippen molar-refractivity contribution in [3.8, 4) is 5.75 Å². The van der Waals surface area contributed by atoms with E-state index in [0.29, 0.717) is 22.4 Å². The Labute approximate surface area is 152 Å². The standard InChI is InChI=1S/C20H23ClN2O2/c1-4-23(5-2)10-11-25-15-7-9-18-17(13-15)20(24)16-8-6-14(21)12-19(16)22(18)3/h6-9,12-13H,4-5,10-11H2,1-3H3. The molecule has 1 heterocycles. The lowest BCUT2D eigenvalue weighted by atomic mass is 10.1. The molecule has 132 valence electrons. The molecule has 0 atom stereocenters. The van der Waals surface area contributed by atoms with E-state index in [4.69, 9.17) is 16.3 Å². The number of likely N-dealkylation sites (N-methyl/N-ethyl adjacent to an activating group) is 1. The first kappa shape index (κ1) is 17.8. The summed E-state index contributed by atoms with van der Waals surface area (Å²) >= 11 is 6.09. The van der Waals surface area contributed by atoms with E-state index in [0.717, 1.165) is 36.4 Å². The van der Waals surface area contributed by atoms with Gasteiger partial charge in [0, 0.05) is 29.4 Å². The number of benzene rings is 2. The number of aromatic nitrogens is 1. The van der Waals surface area contributed by atoms with Crippen molar-refractivity contribution in [3.63, 3.8) is 0 Å². The summed E-state index contributed by atoms with van der Waals surface area (Å²) in [6.45, 7) is 7.77. The summed E-state index contributed by atoms with van der Waals surface area (Å²) in [5.41, 5.74) is 1.71. The predicted octanol–water partition coefficient (Wildman–Crippen LogP) is 4.07. The van der Waals surface area contributed by atoms with Gasteiger partial charge < -0.3 is 14.2 Å². The van der Waals surface area contributed by atoms with Gasteiger partial charge in [-0.3, -0.25) is 4.79 Å². The Balaban J connectivity index is 1.97. The van der Waals surface area contributed by atoms with Gasteiger partial charge in [-0.1, -0.05) is 25.4 Å². The summed E-state index contributed by atoms with van der Waals surface area (Å²) in [5, 5.41) is 1.95. The average molecular weight is 359 g/mol. The molecule has 0 aliphatic carbocycles. The second-order valence-corrected chi connectivity index (χ2v) is 6.54. The lowest BCUT2D eigenvalue weighted by Gasteiger charge is -2.18. The molecule has 0 saturated heterocycles. The first-order valence-electron chi connectivity index (χ1n) is 8.62. The molecule has 2 aromatic carbocycles. The van der Waals surface area contributed by atoms with Gasteiger partial charge in [0.2, 0.25) is 0 Å². The van der Waals surface area contributed by atoms with Gasteiger partial charge in [0.25, 0.3) is 0 Å². The number of ether oxygens (including phenoxy) is 1. The summed E-state index contributed by atoms with van der Waals surface area (Å²) < 4.78 is 7.86. The molecule has 3 aromatic rings. The minimum atomic E-state index is 0.00830. The molecule has 0 bridgehead atoms. The third-order valence-corrected chi connectivity index (χ3v) is 4.95. The van der Waals surface area contributed by atoms with Gasteiger partial charge >= 0.3 is 0 Å². The summed E-state index contributed by atoms with van der Waals surface area (Å²) in [6.07, 6.45) is 0. The highest BCUT2D eigenvalue weighted by Crippen LogP contribution is 2.24. The number of fused-ring (bicyclic) bond motifs is 2. The Morgan fingerprint density at radius 1 is 1.04 bits per heavy atom. The van der Waals surface area contributed by atoms with Crippen molar-refractivity contribution in [2.24, 2.45) is 7.05 Å². The second-order valence-electron chi connectivity index (χ2n) is 6.10. The maximum atomic E-state index is 12.9.